The molecule has 1 aliphatic heterocycles. The van der Waals surface area contributed by atoms with Crippen LogP contribution in [0.1, 0.15) is 25.1 Å². The normalized spacial score (nSPS) is 23.7. The molecule has 2 rings (SSSR count). The predicted octanol–water partition coefficient (Wildman–Crippen LogP) is 1.74. The van der Waals surface area contributed by atoms with Gasteiger partial charge < -0.3 is 14.6 Å². The first-order valence-electron chi connectivity index (χ1n) is 6.11. The Hall–Kier alpha value is -1.22. The molecule has 0 bridgehead atoms. The van der Waals surface area contributed by atoms with Gasteiger partial charge in [-0.15, -0.1) is 0 Å². The van der Waals surface area contributed by atoms with Crippen molar-refractivity contribution in [3.05, 3.63) is 11.7 Å². The fourth-order valence-corrected chi connectivity index (χ4v) is 1.90. The molecule has 0 radical (unpaired) electrons. The van der Waals surface area contributed by atoms with Crippen molar-refractivity contribution in [1.82, 2.24) is 15.5 Å². The number of ether oxygens (including phenoxy) is 1. The van der Waals surface area contributed by atoms with Crippen molar-refractivity contribution >= 4 is 0 Å². The van der Waals surface area contributed by atoms with E-state index in [0.29, 0.717) is 12.4 Å². The van der Waals surface area contributed by atoms with Crippen LogP contribution < -0.4 is 5.32 Å². The number of nitrogens with one attached hydrogen (secondary N) is 1. The topological polar surface area (TPSA) is 60.2 Å². The van der Waals surface area contributed by atoms with Crippen LogP contribution in [0.15, 0.2) is 4.52 Å². The van der Waals surface area contributed by atoms with E-state index in [-0.39, 0.29) is 11.2 Å². The van der Waals surface area contributed by atoms with Crippen LogP contribution in [-0.2, 0) is 16.8 Å². The quantitative estimate of drug-likeness (QED) is 0.810. The van der Waals surface area contributed by atoms with E-state index in [1.165, 1.54) is 0 Å². The fraction of sp³-hybridized carbons (Fsp3) is 0.818. The van der Waals surface area contributed by atoms with Gasteiger partial charge >= 0.3 is 12.3 Å². The molecule has 0 aliphatic carbocycles. The van der Waals surface area contributed by atoms with Crippen LogP contribution >= 0.6 is 0 Å². The van der Waals surface area contributed by atoms with Crippen LogP contribution in [0.5, 0.6) is 0 Å². The summed E-state index contributed by atoms with van der Waals surface area (Å²) < 4.78 is 58.6. The molecule has 1 aliphatic rings. The number of halogens is 4. The first kappa shape index (κ1) is 15.2. The summed E-state index contributed by atoms with van der Waals surface area (Å²) in [6, 6.07) is 0. The van der Waals surface area contributed by atoms with Gasteiger partial charge in [-0.1, -0.05) is 5.16 Å². The summed E-state index contributed by atoms with van der Waals surface area (Å²) in [5, 5.41) is 6.75. The minimum atomic E-state index is -4.17. The number of aromatic nitrogens is 2. The molecule has 0 saturated carbocycles. The third-order valence-corrected chi connectivity index (χ3v) is 3.20. The second kappa shape index (κ2) is 5.65. The van der Waals surface area contributed by atoms with Gasteiger partial charge in [-0.2, -0.15) is 13.8 Å². The Morgan fingerprint density at radius 2 is 2.25 bits per heavy atom. The highest BCUT2D eigenvalue weighted by molar-refractivity contribution is 5.07. The van der Waals surface area contributed by atoms with Crippen LogP contribution in [0.4, 0.5) is 17.6 Å². The molecular weight excluding hydrogens is 282 g/mol. The molecule has 0 amide bonds. The zero-order chi connectivity index (χ0) is 14.8. The summed E-state index contributed by atoms with van der Waals surface area (Å²) in [6.45, 7) is 1.67. The van der Waals surface area contributed by atoms with Gasteiger partial charge in [-0.3, -0.25) is 0 Å². The lowest BCUT2D eigenvalue weighted by Crippen LogP contribution is -2.32. The van der Waals surface area contributed by atoms with Crippen molar-refractivity contribution in [1.29, 1.82) is 0 Å². The van der Waals surface area contributed by atoms with Gasteiger partial charge in [0.15, 0.2) is 5.82 Å². The van der Waals surface area contributed by atoms with E-state index in [4.69, 9.17) is 4.52 Å². The largest absolute Gasteiger partial charge is 0.367 e. The van der Waals surface area contributed by atoms with Gasteiger partial charge in [0.05, 0.1) is 5.41 Å². The lowest BCUT2D eigenvalue weighted by Gasteiger charge is -2.16. The third-order valence-electron chi connectivity index (χ3n) is 3.20. The maximum Gasteiger partial charge on any atom is 0.330 e. The van der Waals surface area contributed by atoms with Crippen molar-refractivity contribution in [3.8, 4) is 0 Å². The molecule has 1 aromatic rings. The molecule has 1 aromatic heterocycles. The Kier molecular flexibility index (Phi) is 4.28. The molecule has 1 atom stereocenters. The Bertz CT molecular complexity index is 447. The van der Waals surface area contributed by atoms with E-state index in [2.05, 4.69) is 20.2 Å². The van der Waals surface area contributed by atoms with Crippen molar-refractivity contribution in [2.24, 2.45) is 0 Å². The van der Waals surface area contributed by atoms with Crippen molar-refractivity contribution in [3.63, 3.8) is 0 Å². The molecule has 9 heteroatoms. The molecule has 114 valence electrons. The van der Waals surface area contributed by atoms with Gasteiger partial charge in [0.1, 0.15) is 13.2 Å². The zero-order valence-corrected chi connectivity index (χ0v) is 10.8. The summed E-state index contributed by atoms with van der Waals surface area (Å²) in [5.41, 5.74) is -0.293. The smallest absolute Gasteiger partial charge is 0.330 e. The van der Waals surface area contributed by atoms with Crippen molar-refractivity contribution in [2.45, 2.75) is 37.7 Å². The molecular formula is C11H15F4N3O2. The predicted molar refractivity (Wildman–Crippen MR) is 59.7 cm³/mol. The molecule has 1 fully saturated rings. The van der Waals surface area contributed by atoms with Crippen LogP contribution in [0.2, 0.25) is 0 Å². The van der Waals surface area contributed by atoms with E-state index in [1.807, 2.05) is 6.92 Å². The summed E-state index contributed by atoms with van der Waals surface area (Å²) in [6.07, 6.45) is -2.94. The van der Waals surface area contributed by atoms with Gasteiger partial charge in [-0.05, 0) is 19.9 Å². The van der Waals surface area contributed by atoms with Crippen LogP contribution in [0.25, 0.3) is 0 Å². The third kappa shape index (κ3) is 3.26. The van der Waals surface area contributed by atoms with Crippen LogP contribution in [0.3, 0.4) is 0 Å². The highest BCUT2D eigenvalue weighted by atomic mass is 19.3. The van der Waals surface area contributed by atoms with Crippen LogP contribution in [-0.4, -0.2) is 42.2 Å². The van der Waals surface area contributed by atoms with Crippen molar-refractivity contribution in [2.75, 3.05) is 19.7 Å². The zero-order valence-electron chi connectivity index (χ0n) is 10.8. The minimum Gasteiger partial charge on any atom is -0.367 e. The average molecular weight is 297 g/mol. The van der Waals surface area contributed by atoms with Gasteiger partial charge in [-0.25, -0.2) is 8.78 Å². The van der Waals surface area contributed by atoms with Gasteiger partial charge in [0.2, 0.25) is 5.89 Å². The van der Waals surface area contributed by atoms with E-state index in [1.54, 1.807) is 0 Å². The first-order chi connectivity index (χ1) is 9.33. The summed E-state index contributed by atoms with van der Waals surface area (Å²) in [5.74, 6) is -3.71. The summed E-state index contributed by atoms with van der Waals surface area (Å²) >= 11 is 0. The fourth-order valence-electron chi connectivity index (χ4n) is 1.90. The Morgan fingerprint density at radius 1 is 1.50 bits per heavy atom. The summed E-state index contributed by atoms with van der Waals surface area (Å²) in [4.78, 5) is 4.05. The van der Waals surface area contributed by atoms with Crippen molar-refractivity contribution < 1.29 is 26.8 Å². The standard InChI is InChI=1S/C11H15F4N3O2/c1-10(2-3-16-5-10)9-17-7(18-20-9)4-19-6-11(14,15)8(12)13/h8,16H,2-6H2,1H3. The maximum atomic E-state index is 12.6. The van der Waals surface area contributed by atoms with Gasteiger partial charge in [0, 0.05) is 6.54 Å². The summed E-state index contributed by atoms with van der Waals surface area (Å²) in [7, 11) is 0. The lowest BCUT2D eigenvalue weighted by atomic mass is 9.90. The highest BCUT2D eigenvalue weighted by Gasteiger charge is 2.41. The second-order valence-corrected chi connectivity index (χ2v) is 5.06. The highest BCUT2D eigenvalue weighted by Crippen LogP contribution is 2.28. The maximum absolute atomic E-state index is 12.6. The molecule has 20 heavy (non-hydrogen) atoms. The Balaban J connectivity index is 1.87. The number of rotatable bonds is 6. The molecule has 1 unspecified atom stereocenters. The first-order valence-corrected chi connectivity index (χ1v) is 6.11. The van der Waals surface area contributed by atoms with E-state index >= 15 is 0 Å². The van der Waals surface area contributed by atoms with Gasteiger partial charge in [0.25, 0.3) is 0 Å². The number of hydrogen-bond acceptors (Lipinski definition) is 5. The molecule has 1 N–H and O–H groups in total. The SMILES string of the molecule is CC1(c2nc(COCC(F)(F)C(F)F)no2)CCNC1. The number of alkyl halides is 4. The second-order valence-electron chi connectivity index (χ2n) is 5.06. The molecule has 5 nitrogen and oxygen atoms in total. The molecule has 1 saturated heterocycles. The van der Waals surface area contributed by atoms with E-state index < -0.39 is 25.6 Å². The van der Waals surface area contributed by atoms with E-state index in [9.17, 15) is 17.6 Å². The average Bonchev–Trinajstić information content (AvgIpc) is 2.99. The number of hydrogen-bond donors (Lipinski definition) is 1. The molecule has 0 spiro atoms. The Labute approximate surface area is 112 Å². The molecule has 2 heterocycles. The number of nitrogens with zero attached hydrogens (tertiary/aromatic N) is 2. The monoisotopic (exact) mass is 297 g/mol. The molecule has 0 aromatic carbocycles. The minimum absolute atomic E-state index is 0.0678. The van der Waals surface area contributed by atoms with Crippen LogP contribution in [0, 0.1) is 0 Å². The Morgan fingerprint density at radius 3 is 2.85 bits per heavy atom. The lowest BCUT2D eigenvalue weighted by molar-refractivity contribution is -0.168. The van der Waals surface area contributed by atoms with E-state index in [0.717, 1.165) is 13.0 Å².